The van der Waals surface area contributed by atoms with Gasteiger partial charge in [0.2, 0.25) is 5.88 Å². The van der Waals surface area contributed by atoms with Gasteiger partial charge in [0, 0.05) is 18.7 Å². The van der Waals surface area contributed by atoms with E-state index in [1.807, 2.05) is 12.1 Å². The fourth-order valence-electron chi connectivity index (χ4n) is 1.70. The van der Waals surface area contributed by atoms with Gasteiger partial charge in [0.05, 0.1) is 19.8 Å². The van der Waals surface area contributed by atoms with Gasteiger partial charge < -0.3 is 15.2 Å². The summed E-state index contributed by atoms with van der Waals surface area (Å²) < 4.78 is 10.4. The van der Waals surface area contributed by atoms with Crippen LogP contribution in [0.25, 0.3) is 0 Å². The van der Waals surface area contributed by atoms with E-state index < -0.39 is 0 Å². The number of hydrogen-bond donors (Lipinski definition) is 1. The highest BCUT2D eigenvalue weighted by Crippen LogP contribution is 2.16. The predicted molar refractivity (Wildman–Crippen MR) is 61.1 cm³/mol. The fraction of sp³-hybridized carbons (Fsp3) is 0.417. The summed E-state index contributed by atoms with van der Waals surface area (Å²) in [6.07, 6.45) is 5.54. The molecule has 0 radical (unpaired) electrons. The molecule has 0 saturated carbocycles. The number of ether oxygens (including phenoxy) is 2. The van der Waals surface area contributed by atoms with Gasteiger partial charge in [0.15, 0.2) is 0 Å². The van der Waals surface area contributed by atoms with Crippen LogP contribution in [0.15, 0.2) is 30.2 Å². The van der Waals surface area contributed by atoms with Crippen LogP contribution in [0.3, 0.4) is 0 Å². The van der Waals surface area contributed by atoms with Gasteiger partial charge in [-0.3, -0.25) is 0 Å². The third kappa shape index (κ3) is 2.52. The molecule has 86 valence electrons. The Morgan fingerprint density at radius 3 is 3.00 bits per heavy atom. The quantitative estimate of drug-likeness (QED) is 0.830. The molecule has 0 aromatic carbocycles. The second-order valence-electron chi connectivity index (χ2n) is 3.76. The number of hydrogen-bond acceptors (Lipinski definition) is 4. The fourth-order valence-corrected chi connectivity index (χ4v) is 1.70. The summed E-state index contributed by atoms with van der Waals surface area (Å²) in [7, 11) is 1.60. The maximum absolute atomic E-state index is 6.03. The Bertz CT molecular complexity index is 373. The van der Waals surface area contributed by atoms with Gasteiger partial charge in [-0.15, -0.1) is 0 Å². The number of methoxy groups -OCH3 is 1. The second-order valence-corrected chi connectivity index (χ2v) is 3.76. The molecule has 0 bridgehead atoms. The summed E-state index contributed by atoms with van der Waals surface area (Å²) >= 11 is 0. The minimum absolute atomic E-state index is 0.0716. The van der Waals surface area contributed by atoms with E-state index in [-0.39, 0.29) is 6.04 Å². The number of aromatic nitrogens is 1. The minimum Gasteiger partial charge on any atom is -0.496 e. The average molecular weight is 220 g/mol. The zero-order valence-electron chi connectivity index (χ0n) is 9.35. The summed E-state index contributed by atoms with van der Waals surface area (Å²) in [5.41, 5.74) is 7.12. The molecule has 1 aliphatic rings. The summed E-state index contributed by atoms with van der Waals surface area (Å²) in [5.74, 6) is 1.52. The van der Waals surface area contributed by atoms with E-state index in [1.54, 1.807) is 13.3 Å². The van der Waals surface area contributed by atoms with Crippen molar-refractivity contribution in [3.05, 3.63) is 35.7 Å². The van der Waals surface area contributed by atoms with E-state index >= 15 is 0 Å². The molecule has 0 aliphatic carbocycles. The van der Waals surface area contributed by atoms with E-state index in [0.717, 1.165) is 30.8 Å². The standard InChI is InChI=1S/C12H16N2O2/c1-15-12-5-4-9(8-14-12)7-10(13)11-3-2-6-16-11/h3-5,8,10H,2,6-7,13H2,1H3. The van der Waals surface area contributed by atoms with Crippen LogP contribution < -0.4 is 10.5 Å². The molecule has 0 fully saturated rings. The third-order valence-corrected chi connectivity index (χ3v) is 2.56. The van der Waals surface area contributed by atoms with E-state index in [4.69, 9.17) is 15.2 Å². The molecule has 0 saturated heterocycles. The Hall–Kier alpha value is -1.55. The molecule has 1 aromatic rings. The summed E-state index contributed by atoms with van der Waals surface area (Å²) in [6, 6.07) is 3.74. The van der Waals surface area contributed by atoms with Crippen molar-refractivity contribution in [2.75, 3.05) is 13.7 Å². The van der Waals surface area contributed by atoms with Gasteiger partial charge in [-0.25, -0.2) is 4.98 Å². The lowest BCUT2D eigenvalue weighted by Crippen LogP contribution is -2.25. The van der Waals surface area contributed by atoms with Crippen molar-refractivity contribution >= 4 is 0 Å². The van der Waals surface area contributed by atoms with Crippen LogP contribution in [0, 0.1) is 0 Å². The van der Waals surface area contributed by atoms with Crippen molar-refractivity contribution in [3.63, 3.8) is 0 Å². The maximum Gasteiger partial charge on any atom is 0.212 e. The van der Waals surface area contributed by atoms with Crippen LogP contribution in [0.5, 0.6) is 5.88 Å². The topological polar surface area (TPSA) is 57.4 Å². The van der Waals surface area contributed by atoms with Crippen molar-refractivity contribution < 1.29 is 9.47 Å². The highest BCUT2D eigenvalue weighted by Gasteiger charge is 2.15. The van der Waals surface area contributed by atoms with Gasteiger partial charge in [0.1, 0.15) is 5.76 Å². The van der Waals surface area contributed by atoms with Gasteiger partial charge in [-0.2, -0.15) is 0 Å². The Morgan fingerprint density at radius 1 is 1.56 bits per heavy atom. The molecule has 16 heavy (non-hydrogen) atoms. The summed E-state index contributed by atoms with van der Waals surface area (Å²) in [4.78, 5) is 4.14. The number of nitrogens with zero attached hydrogens (tertiary/aromatic N) is 1. The number of rotatable bonds is 4. The normalized spacial score (nSPS) is 16.5. The molecule has 4 heteroatoms. The smallest absolute Gasteiger partial charge is 0.212 e. The van der Waals surface area contributed by atoms with Crippen molar-refractivity contribution in [2.45, 2.75) is 18.9 Å². The molecule has 2 N–H and O–H groups in total. The molecule has 4 nitrogen and oxygen atoms in total. The van der Waals surface area contributed by atoms with E-state index in [9.17, 15) is 0 Å². The second kappa shape index (κ2) is 4.99. The van der Waals surface area contributed by atoms with Gasteiger partial charge in [-0.1, -0.05) is 6.07 Å². The first kappa shape index (κ1) is 11.0. The van der Waals surface area contributed by atoms with Gasteiger partial charge >= 0.3 is 0 Å². The first-order valence-corrected chi connectivity index (χ1v) is 5.37. The first-order chi connectivity index (χ1) is 7.79. The average Bonchev–Trinajstić information content (AvgIpc) is 2.83. The molecular weight excluding hydrogens is 204 g/mol. The lowest BCUT2D eigenvalue weighted by Gasteiger charge is -2.13. The van der Waals surface area contributed by atoms with Crippen LogP contribution in [0.1, 0.15) is 12.0 Å². The van der Waals surface area contributed by atoms with Crippen molar-refractivity contribution in [3.8, 4) is 5.88 Å². The Balaban J connectivity index is 1.97. The number of pyridine rings is 1. The third-order valence-electron chi connectivity index (χ3n) is 2.56. The number of nitrogens with two attached hydrogens (primary N) is 1. The molecule has 0 spiro atoms. The molecule has 1 unspecified atom stereocenters. The molecule has 2 rings (SSSR count). The van der Waals surface area contributed by atoms with Crippen molar-refractivity contribution in [2.24, 2.45) is 5.73 Å². The van der Waals surface area contributed by atoms with Crippen molar-refractivity contribution in [1.29, 1.82) is 0 Å². The van der Waals surface area contributed by atoms with Crippen LogP contribution in [-0.2, 0) is 11.2 Å². The Kier molecular flexibility index (Phi) is 3.41. The molecular formula is C12H16N2O2. The molecule has 1 atom stereocenters. The lowest BCUT2D eigenvalue weighted by molar-refractivity contribution is 0.224. The highest BCUT2D eigenvalue weighted by atomic mass is 16.5. The van der Waals surface area contributed by atoms with Crippen LogP contribution >= 0.6 is 0 Å². The predicted octanol–water partition coefficient (Wildman–Crippen LogP) is 1.26. The lowest BCUT2D eigenvalue weighted by atomic mass is 10.1. The zero-order valence-corrected chi connectivity index (χ0v) is 9.35. The highest BCUT2D eigenvalue weighted by molar-refractivity contribution is 5.21. The van der Waals surface area contributed by atoms with E-state index in [0.29, 0.717) is 5.88 Å². The van der Waals surface area contributed by atoms with Crippen LogP contribution in [-0.4, -0.2) is 24.7 Å². The Labute approximate surface area is 95.1 Å². The van der Waals surface area contributed by atoms with Crippen molar-refractivity contribution in [1.82, 2.24) is 4.98 Å². The first-order valence-electron chi connectivity index (χ1n) is 5.37. The largest absolute Gasteiger partial charge is 0.496 e. The summed E-state index contributed by atoms with van der Waals surface area (Å²) in [6.45, 7) is 0.754. The minimum atomic E-state index is -0.0716. The SMILES string of the molecule is COc1ccc(CC(N)C2=CCCO2)cn1. The van der Waals surface area contributed by atoms with Gasteiger partial charge in [-0.05, 0) is 18.1 Å². The zero-order chi connectivity index (χ0) is 11.4. The molecule has 1 aromatic heterocycles. The van der Waals surface area contributed by atoms with Crippen LogP contribution in [0.4, 0.5) is 0 Å². The van der Waals surface area contributed by atoms with E-state index in [1.165, 1.54) is 0 Å². The van der Waals surface area contributed by atoms with Crippen LogP contribution in [0.2, 0.25) is 0 Å². The molecule has 2 heterocycles. The molecule has 0 amide bonds. The van der Waals surface area contributed by atoms with E-state index in [2.05, 4.69) is 11.1 Å². The van der Waals surface area contributed by atoms with Gasteiger partial charge in [0.25, 0.3) is 0 Å². The monoisotopic (exact) mass is 220 g/mol. The maximum atomic E-state index is 6.03. The molecule has 1 aliphatic heterocycles. The summed E-state index contributed by atoms with van der Waals surface area (Å²) in [5, 5.41) is 0. The Morgan fingerprint density at radius 2 is 2.44 bits per heavy atom.